The van der Waals surface area contributed by atoms with Gasteiger partial charge in [-0.3, -0.25) is 14.5 Å². The minimum atomic E-state index is -4.81. The second kappa shape index (κ2) is 7.15. The summed E-state index contributed by atoms with van der Waals surface area (Å²) in [7, 11) is -3.72. The SMILES string of the molecule is C[C@H](N=C1NS(=O)(=O)c2ccccc21)C(=O)Nc1ccc(OC(F)(F)F)cc1. The molecule has 28 heavy (non-hydrogen) atoms. The molecule has 2 aromatic rings. The highest BCUT2D eigenvalue weighted by atomic mass is 32.2. The Balaban J connectivity index is 1.71. The number of fused-ring (bicyclic) bond motifs is 1. The molecule has 0 spiro atoms. The third kappa shape index (κ3) is 4.42. The maximum Gasteiger partial charge on any atom is 0.573 e. The highest BCUT2D eigenvalue weighted by molar-refractivity contribution is 7.90. The van der Waals surface area contributed by atoms with Gasteiger partial charge in [-0.05, 0) is 43.3 Å². The zero-order valence-electron chi connectivity index (χ0n) is 14.3. The van der Waals surface area contributed by atoms with E-state index in [0.29, 0.717) is 5.56 Å². The molecule has 1 aliphatic rings. The molecule has 0 radical (unpaired) electrons. The van der Waals surface area contributed by atoms with Gasteiger partial charge in [-0.15, -0.1) is 13.2 Å². The Morgan fingerprint density at radius 2 is 1.79 bits per heavy atom. The van der Waals surface area contributed by atoms with Crippen LogP contribution in [0.15, 0.2) is 58.4 Å². The molecule has 1 heterocycles. The molecule has 0 fully saturated rings. The van der Waals surface area contributed by atoms with Gasteiger partial charge in [0.25, 0.3) is 10.0 Å². The lowest BCUT2D eigenvalue weighted by molar-refractivity contribution is -0.274. The predicted octanol–water partition coefficient (Wildman–Crippen LogP) is 2.65. The molecule has 0 unspecified atom stereocenters. The summed E-state index contributed by atoms with van der Waals surface area (Å²) in [4.78, 5) is 16.5. The predicted molar refractivity (Wildman–Crippen MR) is 94.5 cm³/mol. The molecule has 2 aromatic carbocycles. The Kier molecular flexibility index (Phi) is 5.02. The largest absolute Gasteiger partial charge is 0.573 e. The van der Waals surface area contributed by atoms with Gasteiger partial charge in [-0.1, -0.05) is 12.1 Å². The number of benzene rings is 2. The Morgan fingerprint density at radius 3 is 2.43 bits per heavy atom. The van der Waals surface area contributed by atoms with E-state index in [0.717, 1.165) is 12.1 Å². The number of anilines is 1. The lowest BCUT2D eigenvalue weighted by atomic mass is 10.2. The number of hydrogen-bond donors (Lipinski definition) is 2. The van der Waals surface area contributed by atoms with Gasteiger partial charge in [0, 0.05) is 11.3 Å². The Bertz CT molecular complexity index is 1030. The first-order valence-corrected chi connectivity index (χ1v) is 9.40. The number of nitrogens with one attached hydrogen (secondary N) is 2. The van der Waals surface area contributed by atoms with Crippen LogP contribution in [0, 0.1) is 0 Å². The first-order valence-electron chi connectivity index (χ1n) is 7.92. The van der Waals surface area contributed by atoms with Crippen LogP contribution in [-0.2, 0) is 14.8 Å². The number of rotatable bonds is 4. The van der Waals surface area contributed by atoms with Crippen molar-refractivity contribution < 1.29 is 31.1 Å². The van der Waals surface area contributed by atoms with Crippen molar-refractivity contribution >= 4 is 27.5 Å². The monoisotopic (exact) mass is 413 g/mol. The molecule has 148 valence electrons. The van der Waals surface area contributed by atoms with Crippen LogP contribution in [0.5, 0.6) is 5.75 Å². The van der Waals surface area contributed by atoms with Gasteiger partial charge in [-0.25, -0.2) is 8.42 Å². The molecule has 0 saturated heterocycles. The molecular formula is C17H14F3N3O4S. The number of sulfonamides is 1. The van der Waals surface area contributed by atoms with E-state index in [4.69, 9.17) is 0 Å². The highest BCUT2D eigenvalue weighted by Crippen LogP contribution is 2.25. The third-order valence-electron chi connectivity index (χ3n) is 3.72. The van der Waals surface area contributed by atoms with Crippen LogP contribution >= 0.6 is 0 Å². The van der Waals surface area contributed by atoms with Gasteiger partial charge in [-0.2, -0.15) is 0 Å². The summed E-state index contributed by atoms with van der Waals surface area (Å²) in [6.07, 6.45) is -4.81. The average molecular weight is 413 g/mol. The summed E-state index contributed by atoms with van der Waals surface area (Å²) < 4.78 is 66.6. The number of nitrogens with zero attached hydrogens (tertiary/aromatic N) is 1. The second-order valence-corrected chi connectivity index (χ2v) is 7.47. The van der Waals surface area contributed by atoms with Gasteiger partial charge in [0.2, 0.25) is 5.91 Å². The highest BCUT2D eigenvalue weighted by Gasteiger charge is 2.32. The fraction of sp³-hybridized carbons (Fsp3) is 0.176. The number of carbonyl (C=O) groups is 1. The van der Waals surface area contributed by atoms with Crippen LogP contribution in [0.4, 0.5) is 18.9 Å². The van der Waals surface area contributed by atoms with Crippen LogP contribution in [0.3, 0.4) is 0 Å². The fourth-order valence-electron chi connectivity index (χ4n) is 2.47. The van der Waals surface area contributed by atoms with Crippen molar-refractivity contribution in [2.45, 2.75) is 24.2 Å². The smallest absolute Gasteiger partial charge is 0.406 e. The van der Waals surface area contributed by atoms with E-state index in [1.54, 1.807) is 18.2 Å². The summed E-state index contributed by atoms with van der Waals surface area (Å²) in [5.41, 5.74) is 0.592. The molecule has 0 bridgehead atoms. The van der Waals surface area contributed by atoms with Crippen molar-refractivity contribution in [3.05, 3.63) is 54.1 Å². The zero-order valence-corrected chi connectivity index (χ0v) is 15.1. The van der Waals surface area contributed by atoms with E-state index in [2.05, 4.69) is 19.8 Å². The normalized spacial score (nSPS) is 17.5. The maximum atomic E-state index is 12.3. The van der Waals surface area contributed by atoms with Crippen molar-refractivity contribution in [3.63, 3.8) is 0 Å². The molecule has 1 aliphatic heterocycles. The Morgan fingerprint density at radius 1 is 1.14 bits per heavy atom. The van der Waals surface area contributed by atoms with Crippen LogP contribution < -0.4 is 14.8 Å². The number of carbonyl (C=O) groups excluding carboxylic acids is 1. The molecular weight excluding hydrogens is 399 g/mol. The summed E-state index contributed by atoms with van der Waals surface area (Å²) in [5, 5.41) is 2.49. The summed E-state index contributed by atoms with van der Waals surface area (Å²) >= 11 is 0. The van der Waals surface area contributed by atoms with Crippen molar-refractivity contribution in [2.24, 2.45) is 4.99 Å². The lowest BCUT2D eigenvalue weighted by Gasteiger charge is -2.11. The summed E-state index contributed by atoms with van der Waals surface area (Å²) in [6.45, 7) is 1.46. The van der Waals surface area contributed by atoms with Crippen LogP contribution in [-0.4, -0.2) is 32.6 Å². The zero-order chi connectivity index (χ0) is 20.5. The standard InChI is InChI=1S/C17H14F3N3O4S/c1-10(21-15-13-4-2-3-5-14(13)28(25,26)23-15)16(24)22-11-6-8-12(9-7-11)27-17(18,19)20/h2-10H,1H3,(H,21,23)(H,22,24)/t10-/m0/s1. The molecule has 0 saturated carbocycles. The number of aliphatic imine (C=N–C) groups is 1. The molecule has 11 heteroatoms. The van der Waals surface area contributed by atoms with Gasteiger partial charge >= 0.3 is 6.36 Å². The fourth-order valence-corrected chi connectivity index (χ4v) is 3.71. The van der Waals surface area contributed by atoms with E-state index in [9.17, 15) is 26.4 Å². The third-order valence-corrected chi connectivity index (χ3v) is 5.12. The van der Waals surface area contributed by atoms with E-state index in [1.807, 2.05) is 0 Å². The van der Waals surface area contributed by atoms with Crippen LogP contribution in [0.2, 0.25) is 0 Å². The van der Waals surface area contributed by atoms with Crippen LogP contribution in [0.1, 0.15) is 12.5 Å². The molecule has 1 amide bonds. The lowest BCUT2D eigenvalue weighted by Crippen LogP contribution is -2.28. The first kappa shape index (κ1) is 19.7. The molecule has 0 aliphatic carbocycles. The Labute approximate surface area is 158 Å². The van der Waals surface area contributed by atoms with E-state index in [1.165, 1.54) is 25.1 Å². The number of alkyl halides is 3. The van der Waals surface area contributed by atoms with Crippen LogP contribution in [0.25, 0.3) is 0 Å². The van der Waals surface area contributed by atoms with E-state index < -0.39 is 34.1 Å². The van der Waals surface area contributed by atoms with Crippen molar-refractivity contribution in [1.82, 2.24) is 4.72 Å². The topological polar surface area (TPSA) is 96.9 Å². The van der Waals surface area contributed by atoms with Crippen molar-refractivity contribution in [3.8, 4) is 5.75 Å². The summed E-state index contributed by atoms with van der Waals surface area (Å²) in [6, 6.07) is 9.84. The second-order valence-electron chi connectivity index (χ2n) is 5.82. The maximum absolute atomic E-state index is 12.3. The molecule has 0 aromatic heterocycles. The number of halogens is 3. The Hall–Kier alpha value is -3.08. The van der Waals surface area contributed by atoms with Gasteiger partial charge in [0.15, 0.2) is 0 Å². The van der Waals surface area contributed by atoms with Gasteiger partial charge < -0.3 is 10.1 Å². The van der Waals surface area contributed by atoms with E-state index >= 15 is 0 Å². The van der Waals surface area contributed by atoms with Gasteiger partial charge in [0.1, 0.15) is 17.6 Å². The number of amides is 1. The van der Waals surface area contributed by atoms with E-state index in [-0.39, 0.29) is 16.4 Å². The minimum absolute atomic E-state index is 0.0483. The molecule has 1 atom stereocenters. The number of ether oxygens (including phenoxy) is 1. The first-order chi connectivity index (χ1) is 13.0. The average Bonchev–Trinajstić information content (AvgIpc) is 2.86. The number of amidine groups is 1. The molecule has 3 rings (SSSR count). The van der Waals surface area contributed by atoms with Crippen molar-refractivity contribution in [1.29, 1.82) is 0 Å². The van der Waals surface area contributed by atoms with Crippen molar-refractivity contribution in [2.75, 3.05) is 5.32 Å². The minimum Gasteiger partial charge on any atom is -0.406 e. The van der Waals surface area contributed by atoms with Gasteiger partial charge in [0.05, 0.1) is 4.90 Å². The summed E-state index contributed by atoms with van der Waals surface area (Å²) in [5.74, 6) is -0.941. The molecule has 7 nitrogen and oxygen atoms in total. The molecule has 2 N–H and O–H groups in total. The quantitative estimate of drug-likeness (QED) is 0.805. The number of hydrogen-bond acceptors (Lipinski definition) is 5.